The number of anilines is 1. The molecule has 0 saturated heterocycles. The molecule has 0 radical (unpaired) electrons. The number of amides is 1. The summed E-state index contributed by atoms with van der Waals surface area (Å²) in [6.07, 6.45) is -0.120. The number of ether oxygens (including phenoxy) is 1. The topological polar surface area (TPSA) is 93.0 Å². The third-order valence-corrected chi connectivity index (χ3v) is 3.04. The Balaban J connectivity index is 2.09. The second kappa shape index (κ2) is 6.01. The molecular weight excluding hydrogens is 268 g/mol. The second-order valence-electron chi connectivity index (χ2n) is 4.07. The first-order chi connectivity index (χ1) is 9.13. The number of halogens is 1. The molecule has 4 N–H and O–H groups in total. The lowest BCUT2D eigenvalue weighted by molar-refractivity contribution is -0.118. The van der Waals surface area contributed by atoms with Gasteiger partial charge in [-0.2, -0.15) is 0 Å². The fourth-order valence-corrected chi connectivity index (χ4v) is 1.93. The van der Waals surface area contributed by atoms with E-state index in [0.29, 0.717) is 16.5 Å². The second-order valence-corrected chi connectivity index (χ2v) is 4.47. The van der Waals surface area contributed by atoms with E-state index < -0.39 is 0 Å². The van der Waals surface area contributed by atoms with Crippen LogP contribution in [-0.2, 0) is 9.53 Å². The molecule has 0 fully saturated rings. The minimum absolute atomic E-state index is 0.178. The molecule has 1 aromatic heterocycles. The van der Waals surface area contributed by atoms with E-state index in [1.165, 1.54) is 7.11 Å². The lowest BCUT2D eigenvalue weighted by Crippen LogP contribution is -2.28. The molecule has 0 saturated carbocycles. The van der Waals surface area contributed by atoms with Crippen LogP contribution < -0.4 is 11.1 Å². The lowest BCUT2D eigenvalue weighted by Gasteiger charge is -2.11. The number of carbonyl (C=O) groups is 1. The fraction of sp³-hybridized carbons (Fsp3) is 0.333. The number of H-pyrrole nitrogens is 1. The maximum atomic E-state index is 11.8. The average molecular weight is 283 g/mol. The van der Waals surface area contributed by atoms with Gasteiger partial charge in [-0.1, -0.05) is 17.7 Å². The summed E-state index contributed by atoms with van der Waals surface area (Å²) in [4.78, 5) is 19.0. The van der Waals surface area contributed by atoms with Crippen molar-refractivity contribution in [2.45, 2.75) is 12.5 Å². The molecule has 2 rings (SSSR count). The number of hydrogen-bond acceptors (Lipinski definition) is 4. The Morgan fingerprint density at radius 3 is 3.05 bits per heavy atom. The van der Waals surface area contributed by atoms with Crippen molar-refractivity contribution in [2.75, 3.05) is 19.0 Å². The van der Waals surface area contributed by atoms with Gasteiger partial charge >= 0.3 is 0 Å². The monoisotopic (exact) mass is 282 g/mol. The number of nitrogens with one attached hydrogen (secondary N) is 2. The first-order valence-corrected chi connectivity index (χ1v) is 6.18. The number of rotatable bonds is 5. The van der Waals surface area contributed by atoms with E-state index in [9.17, 15) is 4.79 Å². The molecule has 102 valence electrons. The summed E-state index contributed by atoms with van der Waals surface area (Å²) in [5.74, 6) is 0.146. The highest BCUT2D eigenvalue weighted by atomic mass is 35.5. The highest BCUT2D eigenvalue weighted by molar-refractivity contribution is 6.35. The van der Waals surface area contributed by atoms with E-state index in [4.69, 9.17) is 22.1 Å². The van der Waals surface area contributed by atoms with Crippen LogP contribution in [0.1, 0.15) is 6.42 Å². The Kier molecular flexibility index (Phi) is 4.36. The van der Waals surface area contributed by atoms with Crippen LogP contribution >= 0.6 is 11.6 Å². The number of methoxy groups -OCH3 is 1. The van der Waals surface area contributed by atoms with Crippen molar-refractivity contribution in [1.29, 1.82) is 0 Å². The smallest absolute Gasteiger partial charge is 0.229 e. The van der Waals surface area contributed by atoms with Crippen LogP contribution in [0.3, 0.4) is 0 Å². The number of hydrogen-bond donors (Lipinski definition) is 3. The zero-order chi connectivity index (χ0) is 13.8. The number of imidazole rings is 1. The number of nitrogens with two attached hydrogens (primary N) is 1. The maximum Gasteiger partial charge on any atom is 0.229 e. The molecule has 7 heteroatoms. The van der Waals surface area contributed by atoms with Gasteiger partial charge in [-0.05, 0) is 12.1 Å². The molecule has 0 aliphatic carbocycles. The Morgan fingerprint density at radius 2 is 2.42 bits per heavy atom. The molecule has 19 heavy (non-hydrogen) atoms. The van der Waals surface area contributed by atoms with Crippen molar-refractivity contribution in [1.82, 2.24) is 9.97 Å². The third-order valence-electron chi connectivity index (χ3n) is 2.73. The molecule has 1 unspecified atom stereocenters. The molecular formula is C12H15ClN4O2. The molecule has 1 atom stereocenters. The normalized spacial score (nSPS) is 12.6. The van der Waals surface area contributed by atoms with Gasteiger partial charge < -0.3 is 15.5 Å². The molecule has 0 bridgehead atoms. The van der Waals surface area contributed by atoms with Gasteiger partial charge in [0.25, 0.3) is 0 Å². The molecule has 0 aliphatic heterocycles. The minimum atomic E-state index is -0.298. The third kappa shape index (κ3) is 3.23. The van der Waals surface area contributed by atoms with E-state index in [2.05, 4.69) is 15.3 Å². The Morgan fingerprint density at radius 1 is 1.63 bits per heavy atom. The maximum absolute atomic E-state index is 11.8. The van der Waals surface area contributed by atoms with Crippen molar-refractivity contribution < 1.29 is 9.53 Å². The van der Waals surface area contributed by atoms with E-state index in [-0.39, 0.29) is 25.0 Å². The minimum Gasteiger partial charge on any atom is -0.380 e. The fourth-order valence-electron chi connectivity index (χ4n) is 1.71. The van der Waals surface area contributed by atoms with Gasteiger partial charge in [0.05, 0.1) is 23.1 Å². The quantitative estimate of drug-likeness (QED) is 0.775. The van der Waals surface area contributed by atoms with Crippen LogP contribution in [0, 0.1) is 0 Å². The first kappa shape index (κ1) is 13.8. The van der Waals surface area contributed by atoms with Gasteiger partial charge in [0.2, 0.25) is 11.9 Å². The van der Waals surface area contributed by atoms with Crippen molar-refractivity contribution in [2.24, 2.45) is 5.73 Å². The van der Waals surface area contributed by atoms with Crippen LogP contribution in [0.4, 0.5) is 5.95 Å². The van der Waals surface area contributed by atoms with Gasteiger partial charge in [0, 0.05) is 13.7 Å². The summed E-state index contributed by atoms with van der Waals surface area (Å²) in [5, 5.41) is 3.19. The van der Waals surface area contributed by atoms with Gasteiger partial charge in [0.1, 0.15) is 5.52 Å². The van der Waals surface area contributed by atoms with E-state index in [1.54, 1.807) is 6.07 Å². The first-order valence-electron chi connectivity index (χ1n) is 5.81. The molecule has 6 nitrogen and oxygen atoms in total. The molecule has 0 spiro atoms. The van der Waals surface area contributed by atoms with Crippen LogP contribution in [-0.4, -0.2) is 35.6 Å². The van der Waals surface area contributed by atoms with Crippen LogP contribution in [0.2, 0.25) is 5.02 Å². The Bertz CT molecular complexity index is 580. The summed E-state index contributed by atoms with van der Waals surface area (Å²) in [6.45, 7) is 0.288. The lowest BCUT2D eigenvalue weighted by atomic mass is 10.2. The largest absolute Gasteiger partial charge is 0.380 e. The number of nitrogens with zero attached hydrogens (tertiary/aromatic N) is 1. The summed E-state index contributed by atoms with van der Waals surface area (Å²) < 4.78 is 5.05. The molecule has 0 aliphatic rings. The van der Waals surface area contributed by atoms with E-state index in [0.717, 1.165) is 5.52 Å². The average Bonchev–Trinajstić information content (AvgIpc) is 2.79. The number of aromatic nitrogens is 2. The van der Waals surface area contributed by atoms with Crippen molar-refractivity contribution in [3.8, 4) is 0 Å². The van der Waals surface area contributed by atoms with Gasteiger partial charge in [-0.25, -0.2) is 4.98 Å². The number of benzene rings is 1. The van der Waals surface area contributed by atoms with Gasteiger partial charge in [0.15, 0.2) is 0 Å². The molecule has 1 heterocycles. The summed E-state index contributed by atoms with van der Waals surface area (Å²) in [7, 11) is 1.52. The van der Waals surface area contributed by atoms with Gasteiger partial charge in [-0.15, -0.1) is 0 Å². The van der Waals surface area contributed by atoms with Crippen molar-refractivity contribution in [3.05, 3.63) is 23.2 Å². The van der Waals surface area contributed by atoms with Crippen LogP contribution in [0.25, 0.3) is 11.0 Å². The molecule has 2 aromatic rings. The van der Waals surface area contributed by atoms with Crippen molar-refractivity contribution >= 4 is 34.5 Å². The summed E-state index contributed by atoms with van der Waals surface area (Å²) >= 11 is 6.00. The number of para-hydroxylation sites is 1. The summed E-state index contributed by atoms with van der Waals surface area (Å²) in [5.41, 5.74) is 6.86. The highest BCUT2D eigenvalue weighted by Crippen LogP contribution is 2.22. The molecule has 1 amide bonds. The number of carbonyl (C=O) groups excluding carboxylic acids is 1. The zero-order valence-corrected chi connectivity index (χ0v) is 11.2. The standard InChI is InChI=1S/C12H15ClN4O2/c1-19-7(6-14)5-10(18)16-12-15-9-4-2-3-8(13)11(9)17-12/h2-4,7H,5-6,14H2,1H3,(H2,15,16,17,18). The number of aromatic amines is 1. The van der Waals surface area contributed by atoms with Crippen LogP contribution in [0.5, 0.6) is 0 Å². The van der Waals surface area contributed by atoms with E-state index >= 15 is 0 Å². The number of fused-ring (bicyclic) bond motifs is 1. The predicted octanol–water partition coefficient (Wildman–Crippen LogP) is 1.52. The Labute approximate surface area is 115 Å². The highest BCUT2D eigenvalue weighted by Gasteiger charge is 2.13. The van der Waals surface area contributed by atoms with Gasteiger partial charge in [-0.3, -0.25) is 10.1 Å². The summed E-state index contributed by atoms with van der Waals surface area (Å²) in [6, 6.07) is 5.39. The van der Waals surface area contributed by atoms with E-state index in [1.807, 2.05) is 12.1 Å². The Hall–Kier alpha value is -1.63. The molecule has 1 aromatic carbocycles. The van der Waals surface area contributed by atoms with Crippen molar-refractivity contribution in [3.63, 3.8) is 0 Å². The predicted molar refractivity (Wildman–Crippen MR) is 74.2 cm³/mol. The van der Waals surface area contributed by atoms with Crippen LogP contribution in [0.15, 0.2) is 18.2 Å². The SMILES string of the molecule is COC(CN)CC(=O)Nc1nc2c(Cl)cccc2[nH]1. The zero-order valence-electron chi connectivity index (χ0n) is 10.4.